The quantitative estimate of drug-likeness (QED) is 0.813. The molecule has 1 heterocycles. The van der Waals surface area contributed by atoms with Crippen LogP contribution < -0.4 is 0 Å². The van der Waals surface area contributed by atoms with Crippen LogP contribution >= 0.6 is 0 Å². The lowest BCUT2D eigenvalue weighted by Crippen LogP contribution is -2.49. The predicted octanol–water partition coefficient (Wildman–Crippen LogP) is 0.979. The number of carbonyl (C=O) groups excluding carboxylic acids is 1. The highest BCUT2D eigenvalue weighted by Crippen LogP contribution is 2.64. The number of hydrogen-bond acceptors (Lipinski definition) is 3. The molecule has 1 aliphatic carbocycles. The van der Waals surface area contributed by atoms with Crippen LogP contribution in [0.3, 0.4) is 0 Å². The number of ether oxygens (including phenoxy) is 1. The van der Waals surface area contributed by atoms with Crippen LogP contribution in [0.4, 0.5) is 0 Å². The lowest BCUT2D eigenvalue weighted by Gasteiger charge is -2.30. The molecule has 1 saturated carbocycles. The number of carboxylic acids is 1. The number of aliphatic carboxylic acids is 1. The van der Waals surface area contributed by atoms with E-state index in [0.29, 0.717) is 18.9 Å². The second-order valence-electron chi connectivity index (χ2n) is 5.86. The fraction of sp³-hybridized carbons (Fsp3) is 0.846. The smallest absolute Gasteiger partial charge is 0.326 e. The molecular weight excluding hydrogens is 234 g/mol. The summed E-state index contributed by atoms with van der Waals surface area (Å²) in [6.07, 6.45) is 0.0455. The molecule has 5 nitrogen and oxygen atoms in total. The number of nitrogens with zero attached hydrogens (tertiary/aromatic N) is 1. The maximum atomic E-state index is 12.2. The molecule has 0 radical (unpaired) electrons. The summed E-state index contributed by atoms with van der Waals surface area (Å²) in [5.41, 5.74) is 0.0502. The monoisotopic (exact) mass is 255 g/mol. The molecule has 1 amide bonds. The Bertz CT molecular complexity index is 375. The summed E-state index contributed by atoms with van der Waals surface area (Å²) >= 11 is 0. The summed E-state index contributed by atoms with van der Waals surface area (Å²) in [6.45, 7) is 6.57. The molecular formula is C13H21NO4. The molecule has 0 spiro atoms. The van der Waals surface area contributed by atoms with Crippen molar-refractivity contribution in [3.05, 3.63) is 0 Å². The Morgan fingerprint density at radius 1 is 1.50 bits per heavy atom. The summed E-state index contributed by atoms with van der Waals surface area (Å²) in [5.74, 6) is -0.673. The van der Waals surface area contributed by atoms with Crippen molar-refractivity contribution < 1.29 is 19.4 Å². The summed E-state index contributed by atoms with van der Waals surface area (Å²) in [6, 6.07) is -0.679. The fourth-order valence-corrected chi connectivity index (χ4v) is 3.42. The molecule has 5 heteroatoms. The molecule has 18 heavy (non-hydrogen) atoms. The number of carbonyl (C=O) groups is 2. The molecule has 0 aromatic heterocycles. The number of amides is 1. The first-order valence-electron chi connectivity index (χ1n) is 6.42. The van der Waals surface area contributed by atoms with Crippen molar-refractivity contribution in [3.8, 4) is 0 Å². The number of carboxylic acid groups (broad SMARTS) is 1. The van der Waals surface area contributed by atoms with Gasteiger partial charge < -0.3 is 14.7 Å². The molecule has 1 N–H and O–H groups in total. The van der Waals surface area contributed by atoms with Crippen molar-refractivity contribution in [3.63, 3.8) is 0 Å². The molecule has 1 saturated heterocycles. The van der Waals surface area contributed by atoms with Gasteiger partial charge in [0, 0.05) is 19.6 Å². The molecule has 0 aromatic carbocycles. The second kappa shape index (κ2) is 4.23. The van der Waals surface area contributed by atoms with Gasteiger partial charge in [-0.15, -0.1) is 0 Å². The predicted molar refractivity (Wildman–Crippen MR) is 65.0 cm³/mol. The van der Waals surface area contributed by atoms with Gasteiger partial charge in [0.15, 0.2) is 0 Å². The van der Waals surface area contributed by atoms with Crippen LogP contribution in [0.15, 0.2) is 0 Å². The first-order chi connectivity index (χ1) is 8.36. The van der Waals surface area contributed by atoms with Crippen molar-refractivity contribution in [2.24, 2.45) is 17.3 Å². The van der Waals surface area contributed by atoms with Crippen molar-refractivity contribution in [2.45, 2.75) is 39.3 Å². The van der Waals surface area contributed by atoms with Crippen LogP contribution in [0, 0.1) is 17.3 Å². The maximum Gasteiger partial charge on any atom is 0.326 e. The van der Waals surface area contributed by atoms with Crippen molar-refractivity contribution >= 4 is 11.9 Å². The Kier molecular flexibility index (Phi) is 3.13. The largest absolute Gasteiger partial charge is 0.480 e. The van der Waals surface area contributed by atoms with E-state index in [1.54, 1.807) is 0 Å². The topological polar surface area (TPSA) is 66.8 Å². The van der Waals surface area contributed by atoms with E-state index < -0.39 is 18.1 Å². The average molecular weight is 255 g/mol. The molecule has 0 unspecified atom stereocenters. The van der Waals surface area contributed by atoms with E-state index in [-0.39, 0.29) is 17.2 Å². The van der Waals surface area contributed by atoms with Crippen LogP contribution in [0.5, 0.6) is 0 Å². The van der Waals surface area contributed by atoms with Crippen molar-refractivity contribution in [2.75, 3.05) is 13.7 Å². The number of rotatable bonds is 4. The molecule has 102 valence electrons. The summed E-state index contributed by atoms with van der Waals surface area (Å²) < 4.78 is 5.12. The lowest BCUT2D eigenvalue weighted by atomic mass is 10.0. The first-order valence-corrected chi connectivity index (χ1v) is 6.42. The Balaban J connectivity index is 2.16. The highest BCUT2D eigenvalue weighted by Gasteiger charge is 2.69. The maximum absolute atomic E-state index is 12.2. The highest BCUT2D eigenvalue weighted by atomic mass is 16.5. The number of likely N-dealkylation sites (tertiary alicyclic amines) is 1. The summed E-state index contributed by atoms with van der Waals surface area (Å²) in [7, 11) is 1.49. The second-order valence-corrected chi connectivity index (χ2v) is 5.86. The minimum Gasteiger partial charge on any atom is -0.480 e. The number of methoxy groups -OCH3 is 1. The van der Waals surface area contributed by atoms with E-state index in [2.05, 4.69) is 13.8 Å². The van der Waals surface area contributed by atoms with E-state index in [9.17, 15) is 14.7 Å². The minimum absolute atomic E-state index is 0.0502. The standard InChI is InChI=1S/C13H21NO4/c1-5-8(18-4)11(15)14-6-7-9(13(7,2)3)10(14)12(16)17/h7-10H,5-6H2,1-4H3,(H,16,17)/t7-,8+,9-,10-/m0/s1. The van der Waals surface area contributed by atoms with Gasteiger partial charge in [0.05, 0.1) is 0 Å². The zero-order chi connectivity index (χ0) is 13.7. The molecule has 1 aliphatic heterocycles. The number of piperidine rings is 1. The zero-order valence-corrected chi connectivity index (χ0v) is 11.3. The van der Waals surface area contributed by atoms with Crippen LogP contribution in [0.1, 0.15) is 27.2 Å². The Hall–Kier alpha value is -1.10. The van der Waals surface area contributed by atoms with E-state index in [0.717, 1.165) is 0 Å². The van der Waals surface area contributed by atoms with Crippen molar-refractivity contribution in [1.29, 1.82) is 0 Å². The zero-order valence-electron chi connectivity index (χ0n) is 11.3. The molecule has 0 aromatic rings. The highest BCUT2D eigenvalue weighted by molar-refractivity contribution is 5.88. The van der Waals surface area contributed by atoms with Gasteiger partial charge in [-0.25, -0.2) is 4.79 Å². The molecule has 4 atom stereocenters. The van der Waals surface area contributed by atoms with Gasteiger partial charge in [-0.2, -0.15) is 0 Å². The van der Waals surface area contributed by atoms with Crippen LogP contribution in [0.25, 0.3) is 0 Å². The normalized spacial score (nSPS) is 34.0. The lowest BCUT2D eigenvalue weighted by molar-refractivity contribution is -0.155. The Morgan fingerprint density at radius 3 is 2.56 bits per heavy atom. The Morgan fingerprint density at radius 2 is 2.11 bits per heavy atom. The molecule has 2 rings (SSSR count). The number of hydrogen-bond donors (Lipinski definition) is 1. The fourth-order valence-electron chi connectivity index (χ4n) is 3.42. The molecule has 2 aliphatic rings. The van der Waals surface area contributed by atoms with Crippen LogP contribution in [-0.2, 0) is 14.3 Å². The summed E-state index contributed by atoms with van der Waals surface area (Å²) in [5, 5.41) is 9.35. The minimum atomic E-state index is -0.896. The van der Waals surface area contributed by atoms with Crippen LogP contribution in [0.2, 0.25) is 0 Å². The van der Waals surface area contributed by atoms with E-state index in [1.165, 1.54) is 12.0 Å². The third-order valence-corrected chi connectivity index (χ3v) is 4.68. The summed E-state index contributed by atoms with van der Waals surface area (Å²) in [4.78, 5) is 25.1. The van der Waals surface area contributed by atoms with Crippen molar-refractivity contribution in [1.82, 2.24) is 4.90 Å². The SMILES string of the molecule is CC[C@@H](OC)C(=O)N1C[C@H]2[C@@H]([C@H]1C(=O)O)C2(C)C. The van der Waals surface area contributed by atoms with Gasteiger partial charge in [0.1, 0.15) is 12.1 Å². The van der Waals surface area contributed by atoms with Gasteiger partial charge in [-0.1, -0.05) is 20.8 Å². The van der Waals surface area contributed by atoms with Gasteiger partial charge in [0.25, 0.3) is 5.91 Å². The van der Waals surface area contributed by atoms with Gasteiger partial charge in [-0.05, 0) is 17.8 Å². The van der Waals surface area contributed by atoms with E-state index in [1.807, 2.05) is 6.92 Å². The van der Waals surface area contributed by atoms with E-state index in [4.69, 9.17) is 4.74 Å². The van der Waals surface area contributed by atoms with Gasteiger partial charge >= 0.3 is 5.97 Å². The molecule has 2 fully saturated rings. The first kappa shape index (κ1) is 13.3. The van der Waals surface area contributed by atoms with Crippen LogP contribution in [-0.4, -0.2) is 47.7 Å². The van der Waals surface area contributed by atoms with Gasteiger partial charge in [-0.3, -0.25) is 4.79 Å². The molecule has 0 bridgehead atoms. The average Bonchev–Trinajstić information content (AvgIpc) is 2.70. The third-order valence-electron chi connectivity index (χ3n) is 4.68. The third kappa shape index (κ3) is 1.72. The number of fused-ring (bicyclic) bond motifs is 1. The Labute approximate surface area is 107 Å². The van der Waals surface area contributed by atoms with Gasteiger partial charge in [0.2, 0.25) is 0 Å². The van der Waals surface area contributed by atoms with E-state index >= 15 is 0 Å².